The van der Waals surface area contributed by atoms with E-state index in [-0.39, 0.29) is 0 Å². The van der Waals surface area contributed by atoms with Crippen LogP contribution in [-0.4, -0.2) is 29.0 Å². The van der Waals surface area contributed by atoms with Gasteiger partial charge in [-0.15, -0.1) is 11.3 Å². The Morgan fingerprint density at radius 1 is 0.889 bits per heavy atom. The summed E-state index contributed by atoms with van der Waals surface area (Å²) < 4.78 is 0. The van der Waals surface area contributed by atoms with E-state index in [0.717, 1.165) is 22.0 Å². The molecule has 4 aromatic rings. The SMILES string of the molecule is CN(C)c1ccc(-c2cccc(Nc3nccc(-c4nccs4)n3)c2)cc1. The molecule has 0 amide bonds. The fraction of sp³-hybridized carbons (Fsp3) is 0.0952. The van der Waals surface area contributed by atoms with E-state index in [0.29, 0.717) is 5.95 Å². The fourth-order valence-corrected chi connectivity index (χ4v) is 3.35. The molecule has 0 spiro atoms. The number of aromatic nitrogens is 3. The first kappa shape index (κ1) is 17.2. The number of thiazole rings is 1. The van der Waals surface area contributed by atoms with Crippen molar-refractivity contribution in [3.63, 3.8) is 0 Å². The summed E-state index contributed by atoms with van der Waals surface area (Å²) in [6.07, 6.45) is 3.52. The van der Waals surface area contributed by atoms with Crippen LogP contribution in [0.15, 0.2) is 72.4 Å². The molecule has 0 aliphatic heterocycles. The molecule has 0 saturated carbocycles. The van der Waals surface area contributed by atoms with Gasteiger partial charge in [-0.3, -0.25) is 0 Å². The minimum Gasteiger partial charge on any atom is -0.378 e. The van der Waals surface area contributed by atoms with E-state index < -0.39 is 0 Å². The van der Waals surface area contributed by atoms with Crippen molar-refractivity contribution in [2.45, 2.75) is 0 Å². The van der Waals surface area contributed by atoms with Gasteiger partial charge in [0.05, 0.1) is 0 Å². The van der Waals surface area contributed by atoms with Crippen LogP contribution in [-0.2, 0) is 0 Å². The number of anilines is 3. The summed E-state index contributed by atoms with van der Waals surface area (Å²) in [6, 6.07) is 18.6. The molecule has 6 heteroatoms. The van der Waals surface area contributed by atoms with E-state index in [1.165, 1.54) is 11.3 Å². The third-order valence-electron chi connectivity index (χ3n) is 4.14. The maximum absolute atomic E-state index is 4.56. The lowest BCUT2D eigenvalue weighted by Crippen LogP contribution is -2.07. The van der Waals surface area contributed by atoms with Gasteiger partial charge in [-0.2, -0.15) is 0 Å². The van der Waals surface area contributed by atoms with Crippen LogP contribution in [0.1, 0.15) is 0 Å². The first-order valence-corrected chi connectivity index (χ1v) is 9.45. The summed E-state index contributed by atoms with van der Waals surface area (Å²) in [6.45, 7) is 0. The van der Waals surface area contributed by atoms with Crippen LogP contribution in [0.25, 0.3) is 21.8 Å². The molecule has 0 atom stereocenters. The highest BCUT2D eigenvalue weighted by Gasteiger charge is 2.06. The summed E-state index contributed by atoms with van der Waals surface area (Å²) in [7, 11) is 4.08. The van der Waals surface area contributed by atoms with Gasteiger partial charge < -0.3 is 10.2 Å². The van der Waals surface area contributed by atoms with Crippen molar-refractivity contribution in [2.75, 3.05) is 24.3 Å². The lowest BCUT2D eigenvalue weighted by molar-refractivity contribution is 1.13. The molecule has 1 N–H and O–H groups in total. The molecule has 0 bridgehead atoms. The van der Waals surface area contributed by atoms with Gasteiger partial charge in [0.1, 0.15) is 10.7 Å². The average Bonchev–Trinajstić information content (AvgIpc) is 3.23. The second-order valence-corrected chi connectivity index (χ2v) is 7.14. The standard InChI is InChI=1S/C21H19N5S/c1-26(2)18-8-6-15(7-9-18)16-4-3-5-17(14-16)24-21-23-11-10-19(25-21)20-22-12-13-27-20/h3-14H,1-2H3,(H,23,24,25). The predicted octanol–water partition coefficient (Wildman–Crippen LogP) is 5.08. The highest BCUT2D eigenvalue weighted by atomic mass is 32.1. The van der Waals surface area contributed by atoms with Gasteiger partial charge in [-0.25, -0.2) is 15.0 Å². The monoisotopic (exact) mass is 373 g/mol. The third kappa shape index (κ3) is 3.96. The van der Waals surface area contributed by atoms with Gasteiger partial charge in [0.2, 0.25) is 5.95 Å². The van der Waals surface area contributed by atoms with Crippen molar-refractivity contribution in [1.29, 1.82) is 0 Å². The van der Waals surface area contributed by atoms with Crippen LogP contribution >= 0.6 is 11.3 Å². The van der Waals surface area contributed by atoms with Crippen molar-refractivity contribution >= 4 is 28.7 Å². The highest BCUT2D eigenvalue weighted by Crippen LogP contribution is 2.26. The van der Waals surface area contributed by atoms with Crippen molar-refractivity contribution in [3.8, 4) is 21.8 Å². The van der Waals surface area contributed by atoms with Crippen molar-refractivity contribution in [2.24, 2.45) is 0 Å². The van der Waals surface area contributed by atoms with Crippen LogP contribution in [0, 0.1) is 0 Å². The van der Waals surface area contributed by atoms with E-state index in [9.17, 15) is 0 Å². The fourth-order valence-electron chi connectivity index (χ4n) is 2.75. The molecule has 5 nitrogen and oxygen atoms in total. The molecule has 0 aliphatic rings. The molecule has 2 heterocycles. The molecular formula is C21H19N5S. The molecule has 0 fully saturated rings. The Bertz CT molecular complexity index is 1030. The predicted molar refractivity (Wildman–Crippen MR) is 113 cm³/mol. The average molecular weight is 373 g/mol. The Labute approximate surface area is 162 Å². The molecule has 4 rings (SSSR count). The summed E-state index contributed by atoms with van der Waals surface area (Å²) in [5.74, 6) is 0.558. The van der Waals surface area contributed by atoms with Crippen LogP contribution in [0.2, 0.25) is 0 Å². The van der Waals surface area contributed by atoms with E-state index in [1.54, 1.807) is 23.7 Å². The molecule has 2 aromatic heterocycles. The second-order valence-electron chi connectivity index (χ2n) is 6.25. The third-order valence-corrected chi connectivity index (χ3v) is 4.94. The van der Waals surface area contributed by atoms with E-state index >= 15 is 0 Å². The first-order valence-electron chi connectivity index (χ1n) is 8.57. The van der Waals surface area contributed by atoms with Crippen molar-refractivity contribution in [1.82, 2.24) is 15.0 Å². The molecule has 27 heavy (non-hydrogen) atoms. The van der Waals surface area contributed by atoms with Gasteiger partial charge >= 0.3 is 0 Å². The number of nitrogens with one attached hydrogen (secondary N) is 1. The Hall–Kier alpha value is -3.25. The van der Waals surface area contributed by atoms with E-state index in [1.807, 2.05) is 37.7 Å². The van der Waals surface area contributed by atoms with Crippen molar-refractivity contribution < 1.29 is 0 Å². The highest BCUT2D eigenvalue weighted by molar-refractivity contribution is 7.13. The molecule has 134 valence electrons. The largest absolute Gasteiger partial charge is 0.378 e. The smallest absolute Gasteiger partial charge is 0.227 e. The Balaban J connectivity index is 1.57. The molecular weight excluding hydrogens is 354 g/mol. The van der Waals surface area contributed by atoms with E-state index in [2.05, 4.69) is 61.6 Å². The molecule has 0 saturated heterocycles. The van der Waals surface area contributed by atoms with Crippen molar-refractivity contribution in [3.05, 3.63) is 72.4 Å². The quantitative estimate of drug-likeness (QED) is 0.529. The Morgan fingerprint density at radius 3 is 2.48 bits per heavy atom. The van der Waals surface area contributed by atoms with E-state index in [4.69, 9.17) is 0 Å². The first-order chi connectivity index (χ1) is 13.2. The Morgan fingerprint density at radius 2 is 1.74 bits per heavy atom. The van der Waals surface area contributed by atoms with Gasteiger partial charge in [0.25, 0.3) is 0 Å². The number of rotatable bonds is 5. The lowest BCUT2D eigenvalue weighted by atomic mass is 10.0. The van der Waals surface area contributed by atoms with Crippen LogP contribution in [0.3, 0.4) is 0 Å². The van der Waals surface area contributed by atoms with Gasteiger partial charge in [0.15, 0.2) is 0 Å². The number of hydrogen-bond acceptors (Lipinski definition) is 6. The summed E-state index contributed by atoms with van der Waals surface area (Å²) >= 11 is 1.56. The van der Waals surface area contributed by atoms with Crippen LogP contribution in [0.4, 0.5) is 17.3 Å². The number of nitrogens with zero attached hydrogens (tertiary/aromatic N) is 4. The van der Waals surface area contributed by atoms with Gasteiger partial charge in [-0.05, 0) is 41.5 Å². The van der Waals surface area contributed by atoms with Crippen LogP contribution in [0.5, 0.6) is 0 Å². The van der Waals surface area contributed by atoms with Gasteiger partial charge in [-0.1, -0.05) is 24.3 Å². The maximum atomic E-state index is 4.56. The maximum Gasteiger partial charge on any atom is 0.227 e. The zero-order chi connectivity index (χ0) is 18.6. The molecule has 2 aromatic carbocycles. The topological polar surface area (TPSA) is 53.9 Å². The number of benzene rings is 2. The summed E-state index contributed by atoms with van der Waals surface area (Å²) in [5, 5.41) is 6.12. The normalized spacial score (nSPS) is 10.6. The molecule has 0 aliphatic carbocycles. The zero-order valence-corrected chi connectivity index (χ0v) is 15.9. The van der Waals surface area contributed by atoms with Gasteiger partial charge in [0, 0.05) is 43.2 Å². The second kappa shape index (κ2) is 7.55. The summed E-state index contributed by atoms with van der Waals surface area (Å²) in [5.41, 5.74) is 5.25. The number of hydrogen-bond donors (Lipinski definition) is 1. The molecule has 0 unspecified atom stereocenters. The molecule has 0 radical (unpaired) electrons. The lowest BCUT2D eigenvalue weighted by Gasteiger charge is -2.13. The zero-order valence-electron chi connectivity index (χ0n) is 15.1. The Kier molecular flexibility index (Phi) is 4.80. The summed E-state index contributed by atoms with van der Waals surface area (Å²) in [4.78, 5) is 15.3. The van der Waals surface area contributed by atoms with Crippen LogP contribution < -0.4 is 10.2 Å². The minimum absolute atomic E-state index is 0.558. The minimum atomic E-state index is 0.558.